The summed E-state index contributed by atoms with van der Waals surface area (Å²) in [5.41, 5.74) is 3.51. The van der Waals surface area contributed by atoms with Gasteiger partial charge in [0.2, 0.25) is 5.91 Å². The SMILES string of the molecule is COc1ccc(-c2cccc([C@H]3C[C@@H](NC(C)=O)[C@@H]4CCC[C@H]4O3)c2)cc1. The molecule has 2 aromatic carbocycles. The van der Waals surface area contributed by atoms with E-state index in [1.807, 2.05) is 12.1 Å². The molecule has 0 radical (unpaired) electrons. The van der Waals surface area contributed by atoms with Gasteiger partial charge in [0.15, 0.2) is 0 Å². The van der Waals surface area contributed by atoms with Gasteiger partial charge in [0.25, 0.3) is 0 Å². The molecule has 4 atom stereocenters. The van der Waals surface area contributed by atoms with Crippen LogP contribution in [0.4, 0.5) is 0 Å². The molecule has 1 aliphatic carbocycles. The predicted molar refractivity (Wildman–Crippen MR) is 106 cm³/mol. The number of rotatable bonds is 4. The Kier molecular flexibility index (Phi) is 5.17. The van der Waals surface area contributed by atoms with Crippen molar-refractivity contribution < 1.29 is 14.3 Å². The molecule has 142 valence electrons. The number of benzene rings is 2. The van der Waals surface area contributed by atoms with E-state index in [-0.39, 0.29) is 24.2 Å². The monoisotopic (exact) mass is 365 g/mol. The van der Waals surface area contributed by atoms with E-state index < -0.39 is 0 Å². The predicted octanol–water partition coefficient (Wildman–Crippen LogP) is 4.50. The molecular formula is C23H27NO3. The summed E-state index contributed by atoms with van der Waals surface area (Å²) in [5.74, 6) is 1.36. The summed E-state index contributed by atoms with van der Waals surface area (Å²) in [4.78, 5) is 11.7. The van der Waals surface area contributed by atoms with Crippen molar-refractivity contribution in [1.82, 2.24) is 5.32 Å². The van der Waals surface area contributed by atoms with E-state index >= 15 is 0 Å². The largest absolute Gasteiger partial charge is 0.497 e. The van der Waals surface area contributed by atoms with Crippen LogP contribution in [0.1, 0.15) is 44.3 Å². The van der Waals surface area contributed by atoms with Gasteiger partial charge in [-0.1, -0.05) is 36.8 Å². The van der Waals surface area contributed by atoms with E-state index in [0.717, 1.165) is 30.6 Å². The molecule has 1 saturated carbocycles. The quantitative estimate of drug-likeness (QED) is 0.868. The summed E-state index contributed by atoms with van der Waals surface area (Å²) in [6, 6.07) is 16.9. The molecule has 2 aliphatic rings. The lowest BCUT2D eigenvalue weighted by molar-refractivity contribution is -0.124. The summed E-state index contributed by atoms with van der Waals surface area (Å²) in [6.45, 7) is 1.61. The maximum absolute atomic E-state index is 11.7. The molecule has 1 N–H and O–H groups in total. The Hall–Kier alpha value is -2.33. The van der Waals surface area contributed by atoms with Crippen LogP contribution in [-0.2, 0) is 9.53 Å². The van der Waals surface area contributed by atoms with Crippen LogP contribution in [0.3, 0.4) is 0 Å². The highest BCUT2D eigenvalue weighted by Gasteiger charge is 2.42. The molecule has 4 nitrogen and oxygen atoms in total. The molecule has 0 aromatic heterocycles. The fraction of sp³-hybridized carbons (Fsp3) is 0.435. The zero-order chi connectivity index (χ0) is 18.8. The zero-order valence-electron chi connectivity index (χ0n) is 16.0. The number of nitrogens with one attached hydrogen (secondary N) is 1. The van der Waals surface area contributed by atoms with E-state index in [1.165, 1.54) is 17.5 Å². The van der Waals surface area contributed by atoms with Crippen molar-refractivity contribution in [3.8, 4) is 16.9 Å². The third-order valence-corrected chi connectivity index (χ3v) is 5.90. The van der Waals surface area contributed by atoms with Crippen molar-refractivity contribution in [3.05, 3.63) is 54.1 Å². The van der Waals surface area contributed by atoms with Gasteiger partial charge in [-0.3, -0.25) is 4.79 Å². The van der Waals surface area contributed by atoms with Gasteiger partial charge in [0.05, 0.1) is 19.3 Å². The number of ether oxygens (including phenoxy) is 2. The summed E-state index contributed by atoms with van der Waals surface area (Å²) >= 11 is 0. The highest BCUT2D eigenvalue weighted by atomic mass is 16.5. The summed E-state index contributed by atoms with van der Waals surface area (Å²) in [6.07, 6.45) is 4.55. The van der Waals surface area contributed by atoms with E-state index in [2.05, 4.69) is 41.7 Å². The Balaban J connectivity index is 1.58. The second-order valence-electron chi connectivity index (χ2n) is 7.65. The first-order chi connectivity index (χ1) is 13.1. The van der Waals surface area contributed by atoms with E-state index in [9.17, 15) is 4.79 Å². The van der Waals surface area contributed by atoms with Gasteiger partial charge >= 0.3 is 0 Å². The third kappa shape index (κ3) is 3.86. The average molecular weight is 365 g/mol. The van der Waals surface area contributed by atoms with Crippen molar-refractivity contribution >= 4 is 5.91 Å². The van der Waals surface area contributed by atoms with Crippen LogP contribution in [0.15, 0.2) is 48.5 Å². The van der Waals surface area contributed by atoms with Gasteiger partial charge in [-0.2, -0.15) is 0 Å². The molecule has 4 rings (SSSR count). The number of amides is 1. The lowest BCUT2D eigenvalue weighted by atomic mass is 9.85. The minimum atomic E-state index is 0.0272. The topological polar surface area (TPSA) is 47.6 Å². The smallest absolute Gasteiger partial charge is 0.217 e. The second-order valence-corrected chi connectivity index (χ2v) is 7.65. The van der Waals surface area contributed by atoms with Crippen LogP contribution in [0.2, 0.25) is 0 Å². The number of carbonyl (C=O) groups excluding carboxylic acids is 1. The first-order valence-corrected chi connectivity index (χ1v) is 9.81. The van der Waals surface area contributed by atoms with Crippen molar-refractivity contribution in [2.45, 2.75) is 50.9 Å². The molecule has 2 aromatic rings. The van der Waals surface area contributed by atoms with E-state index in [1.54, 1.807) is 14.0 Å². The van der Waals surface area contributed by atoms with Gasteiger partial charge in [-0.05, 0) is 54.2 Å². The Morgan fingerprint density at radius 2 is 1.93 bits per heavy atom. The van der Waals surface area contributed by atoms with E-state index in [4.69, 9.17) is 9.47 Å². The Bertz CT molecular complexity index is 802. The van der Waals surface area contributed by atoms with E-state index in [0.29, 0.717) is 5.92 Å². The third-order valence-electron chi connectivity index (χ3n) is 5.90. The molecule has 1 amide bonds. The normalized spacial score (nSPS) is 27.0. The van der Waals surface area contributed by atoms with Gasteiger partial charge in [-0.25, -0.2) is 0 Å². The summed E-state index contributed by atoms with van der Waals surface area (Å²) in [7, 11) is 1.68. The number of hydrogen-bond acceptors (Lipinski definition) is 3. The Morgan fingerprint density at radius 1 is 1.11 bits per heavy atom. The standard InChI is InChI=1S/C23H27NO3/c1-15(25)24-21-14-23(27-22-8-4-7-20(21)22)18-6-3-5-17(13-18)16-9-11-19(26-2)12-10-16/h3,5-6,9-13,20-23H,4,7-8,14H2,1-2H3,(H,24,25)/t20-,21+,22+,23+/m0/s1. The molecule has 1 saturated heterocycles. The molecule has 0 bridgehead atoms. The van der Waals surface area contributed by atoms with Gasteiger partial charge in [-0.15, -0.1) is 0 Å². The summed E-state index contributed by atoms with van der Waals surface area (Å²) < 4.78 is 11.7. The lowest BCUT2D eigenvalue weighted by Crippen LogP contribution is -2.47. The van der Waals surface area contributed by atoms with Crippen LogP contribution in [0, 0.1) is 5.92 Å². The molecule has 1 aliphatic heterocycles. The zero-order valence-corrected chi connectivity index (χ0v) is 16.0. The number of fused-ring (bicyclic) bond motifs is 1. The molecule has 4 heteroatoms. The van der Waals surface area contributed by atoms with Gasteiger partial charge in [0, 0.05) is 18.9 Å². The number of hydrogen-bond donors (Lipinski definition) is 1. The van der Waals surface area contributed by atoms with Crippen molar-refractivity contribution in [2.75, 3.05) is 7.11 Å². The molecule has 27 heavy (non-hydrogen) atoms. The molecular weight excluding hydrogens is 338 g/mol. The Labute approximate surface area is 160 Å². The van der Waals surface area contributed by atoms with Crippen molar-refractivity contribution in [2.24, 2.45) is 5.92 Å². The van der Waals surface area contributed by atoms with Crippen LogP contribution < -0.4 is 10.1 Å². The van der Waals surface area contributed by atoms with Crippen molar-refractivity contribution in [3.63, 3.8) is 0 Å². The minimum Gasteiger partial charge on any atom is -0.497 e. The minimum absolute atomic E-state index is 0.0272. The first-order valence-electron chi connectivity index (χ1n) is 9.81. The second kappa shape index (κ2) is 7.73. The molecule has 0 unspecified atom stereocenters. The highest BCUT2D eigenvalue weighted by Crippen LogP contribution is 2.43. The fourth-order valence-corrected chi connectivity index (χ4v) is 4.60. The average Bonchev–Trinajstić information content (AvgIpc) is 3.17. The first kappa shape index (κ1) is 18.1. The number of methoxy groups -OCH3 is 1. The van der Waals surface area contributed by atoms with Crippen LogP contribution >= 0.6 is 0 Å². The number of carbonyl (C=O) groups is 1. The van der Waals surface area contributed by atoms with Crippen LogP contribution in [0.5, 0.6) is 5.75 Å². The molecule has 0 spiro atoms. The molecule has 1 heterocycles. The highest BCUT2D eigenvalue weighted by molar-refractivity contribution is 5.73. The lowest BCUT2D eigenvalue weighted by Gasteiger charge is -2.39. The van der Waals surface area contributed by atoms with Crippen molar-refractivity contribution in [1.29, 1.82) is 0 Å². The van der Waals surface area contributed by atoms with Gasteiger partial charge < -0.3 is 14.8 Å². The fourth-order valence-electron chi connectivity index (χ4n) is 4.60. The maximum atomic E-state index is 11.7. The Morgan fingerprint density at radius 3 is 2.67 bits per heavy atom. The van der Waals surface area contributed by atoms with Gasteiger partial charge in [0.1, 0.15) is 5.75 Å². The van der Waals surface area contributed by atoms with Crippen LogP contribution in [-0.4, -0.2) is 25.2 Å². The summed E-state index contributed by atoms with van der Waals surface area (Å²) in [5, 5.41) is 3.18. The van der Waals surface area contributed by atoms with Crippen LogP contribution in [0.25, 0.3) is 11.1 Å². The molecule has 2 fully saturated rings. The maximum Gasteiger partial charge on any atom is 0.217 e.